The number of carbonyl (C=O) groups is 1. The number of fused-ring (bicyclic) bond motifs is 1. The van der Waals surface area contributed by atoms with E-state index in [1.165, 1.54) is 32.1 Å². The molecule has 0 saturated heterocycles. The highest BCUT2D eigenvalue weighted by molar-refractivity contribution is 6.12. The van der Waals surface area contributed by atoms with E-state index < -0.39 is 0 Å². The van der Waals surface area contributed by atoms with E-state index in [9.17, 15) is 4.79 Å². The highest BCUT2D eigenvalue weighted by atomic mass is 16.5. The Labute approximate surface area is 199 Å². The number of benzene rings is 2. The lowest BCUT2D eigenvalue weighted by Gasteiger charge is -2.22. The molecule has 2 aromatic heterocycles. The molecule has 0 atom stereocenters. The molecule has 2 heterocycles. The van der Waals surface area contributed by atoms with E-state index in [1.54, 1.807) is 19.5 Å². The minimum Gasteiger partial charge on any atom is -0.497 e. The first-order chi connectivity index (χ1) is 16.7. The van der Waals surface area contributed by atoms with Crippen molar-refractivity contribution in [2.24, 2.45) is 5.92 Å². The summed E-state index contributed by atoms with van der Waals surface area (Å²) in [5.41, 5.74) is 2.90. The van der Waals surface area contributed by atoms with Crippen LogP contribution in [0.15, 0.2) is 67.0 Å². The second-order valence-corrected chi connectivity index (χ2v) is 8.90. The zero-order valence-electron chi connectivity index (χ0n) is 19.4. The Morgan fingerprint density at radius 1 is 1.00 bits per heavy atom. The van der Waals surface area contributed by atoms with Crippen LogP contribution in [-0.4, -0.2) is 34.3 Å². The fourth-order valence-corrected chi connectivity index (χ4v) is 4.64. The number of hydrogen-bond acceptors (Lipinski definition) is 5. The summed E-state index contributed by atoms with van der Waals surface area (Å²) in [7, 11) is 1.66. The molecule has 0 radical (unpaired) electrons. The Kier molecular flexibility index (Phi) is 6.56. The molecule has 174 valence electrons. The Bertz CT molecular complexity index is 1260. The first kappa shape index (κ1) is 22.1. The quantitative estimate of drug-likeness (QED) is 0.320. The van der Waals surface area contributed by atoms with Crippen LogP contribution in [-0.2, 0) is 6.54 Å². The number of carbonyl (C=O) groups excluding carboxylic acids is 1. The van der Waals surface area contributed by atoms with Gasteiger partial charge in [0.25, 0.3) is 0 Å². The van der Waals surface area contributed by atoms with E-state index in [-0.39, 0.29) is 5.78 Å². The van der Waals surface area contributed by atoms with Crippen molar-refractivity contribution in [2.75, 3.05) is 13.7 Å². The molecule has 5 rings (SSSR count). The Hall–Kier alpha value is -3.67. The van der Waals surface area contributed by atoms with Crippen LogP contribution in [0.5, 0.6) is 11.5 Å². The normalized spacial score (nSPS) is 14.3. The third-order valence-electron chi connectivity index (χ3n) is 6.58. The van der Waals surface area contributed by atoms with Gasteiger partial charge in [0.05, 0.1) is 37.4 Å². The molecule has 0 bridgehead atoms. The van der Waals surface area contributed by atoms with Gasteiger partial charge in [-0.05, 0) is 36.5 Å². The zero-order valence-corrected chi connectivity index (χ0v) is 19.4. The SMILES string of the molecule is COc1ccc(Cn2ncc3c(OCC4CCCCC4)c(C(=O)c4ccccc4)cnc32)cc1. The second kappa shape index (κ2) is 10.1. The van der Waals surface area contributed by atoms with E-state index in [0.29, 0.717) is 41.6 Å². The fraction of sp³-hybridized carbons (Fsp3) is 0.321. The molecule has 6 heteroatoms. The van der Waals surface area contributed by atoms with Gasteiger partial charge in [0, 0.05) is 11.8 Å². The maximum Gasteiger partial charge on any atom is 0.198 e. The fourth-order valence-electron chi connectivity index (χ4n) is 4.64. The molecule has 1 saturated carbocycles. The van der Waals surface area contributed by atoms with Gasteiger partial charge >= 0.3 is 0 Å². The van der Waals surface area contributed by atoms with Gasteiger partial charge in [-0.25, -0.2) is 9.67 Å². The molecule has 6 nitrogen and oxygen atoms in total. The molecule has 1 aliphatic rings. The third kappa shape index (κ3) is 4.67. The molecule has 1 aliphatic carbocycles. The Balaban J connectivity index is 1.49. The van der Waals surface area contributed by atoms with Crippen LogP contribution in [0, 0.1) is 5.92 Å². The van der Waals surface area contributed by atoms with Gasteiger partial charge in [-0.1, -0.05) is 61.7 Å². The average Bonchev–Trinajstić information content (AvgIpc) is 3.31. The first-order valence-corrected chi connectivity index (χ1v) is 11.9. The van der Waals surface area contributed by atoms with Crippen molar-refractivity contribution in [2.45, 2.75) is 38.6 Å². The first-order valence-electron chi connectivity index (χ1n) is 11.9. The smallest absolute Gasteiger partial charge is 0.198 e. The van der Waals surface area contributed by atoms with Crippen molar-refractivity contribution in [3.05, 3.63) is 83.7 Å². The van der Waals surface area contributed by atoms with Crippen molar-refractivity contribution in [1.29, 1.82) is 0 Å². The standard InChI is InChI=1S/C28H29N3O3/c1-33-23-14-12-20(13-15-23)18-31-28-25(17-30-31)27(34-19-21-8-4-2-5-9-21)24(16-29-28)26(32)22-10-6-3-7-11-22/h3,6-7,10-17,21H,2,4-5,8-9,18-19H2,1H3. The summed E-state index contributed by atoms with van der Waals surface area (Å²) in [4.78, 5) is 18.0. The summed E-state index contributed by atoms with van der Waals surface area (Å²) < 4.78 is 13.5. The minimum absolute atomic E-state index is 0.0865. The maximum absolute atomic E-state index is 13.4. The van der Waals surface area contributed by atoms with Gasteiger partial charge < -0.3 is 9.47 Å². The van der Waals surface area contributed by atoms with Crippen LogP contribution in [0.25, 0.3) is 11.0 Å². The van der Waals surface area contributed by atoms with Crippen LogP contribution in [0.2, 0.25) is 0 Å². The summed E-state index contributed by atoms with van der Waals surface area (Å²) in [5, 5.41) is 5.36. The van der Waals surface area contributed by atoms with Gasteiger partial charge in [0.2, 0.25) is 0 Å². The third-order valence-corrected chi connectivity index (χ3v) is 6.58. The Morgan fingerprint density at radius 2 is 1.76 bits per heavy atom. The number of methoxy groups -OCH3 is 1. The number of nitrogens with zero attached hydrogens (tertiary/aromatic N) is 3. The predicted molar refractivity (Wildman–Crippen MR) is 132 cm³/mol. The van der Waals surface area contributed by atoms with E-state index in [1.807, 2.05) is 59.3 Å². The number of pyridine rings is 1. The van der Waals surface area contributed by atoms with Crippen LogP contribution in [0.4, 0.5) is 0 Å². The van der Waals surface area contributed by atoms with Crippen molar-refractivity contribution in [1.82, 2.24) is 14.8 Å². The van der Waals surface area contributed by atoms with E-state index in [4.69, 9.17) is 9.47 Å². The number of aromatic nitrogens is 3. The summed E-state index contributed by atoms with van der Waals surface area (Å²) in [6, 6.07) is 17.2. The number of ketones is 1. The van der Waals surface area contributed by atoms with Gasteiger partial charge in [-0.3, -0.25) is 4.79 Å². The van der Waals surface area contributed by atoms with Gasteiger partial charge in [-0.15, -0.1) is 0 Å². The van der Waals surface area contributed by atoms with Crippen molar-refractivity contribution in [3.8, 4) is 11.5 Å². The molecule has 34 heavy (non-hydrogen) atoms. The molecule has 0 N–H and O–H groups in total. The summed E-state index contributed by atoms with van der Waals surface area (Å²) in [5.74, 6) is 1.84. The monoisotopic (exact) mass is 455 g/mol. The number of ether oxygens (including phenoxy) is 2. The molecule has 0 spiro atoms. The summed E-state index contributed by atoms with van der Waals surface area (Å²) >= 11 is 0. The second-order valence-electron chi connectivity index (χ2n) is 8.90. The summed E-state index contributed by atoms with van der Waals surface area (Å²) in [6.07, 6.45) is 9.54. The van der Waals surface area contributed by atoms with Crippen LogP contribution >= 0.6 is 0 Å². The van der Waals surface area contributed by atoms with E-state index >= 15 is 0 Å². The molecule has 4 aromatic rings. The van der Waals surface area contributed by atoms with Crippen LogP contribution < -0.4 is 9.47 Å². The Morgan fingerprint density at radius 3 is 2.50 bits per heavy atom. The maximum atomic E-state index is 13.4. The number of rotatable bonds is 8. The molecule has 1 fully saturated rings. The highest BCUT2D eigenvalue weighted by Gasteiger charge is 2.22. The highest BCUT2D eigenvalue weighted by Crippen LogP contribution is 2.32. The molecule has 2 aromatic carbocycles. The molecule has 0 amide bonds. The van der Waals surface area contributed by atoms with Gasteiger partial charge in [-0.2, -0.15) is 5.10 Å². The zero-order chi connectivity index (χ0) is 23.3. The predicted octanol–water partition coefficient (Wildman–Crippen LogP) is 5.68. The van der Waals surface area contributed by atoms with Crippen LogP contribution in [0.1, 0.15) is 53.6 Å². The lowest BCUT2D eigenvalue weighted by molar-refractivity contribution is 0.103. The van der Waals surface area contributed by atoms with Crippen LogP contribution in [0.3, 0.4) is 0 Å². The van der Waals surface area contributed by atoms with Gasteiger partial charge in [0.15, 0.2) is 11.4 Å². The lowest BCUT2D eigenvalue weighted by Crippen LogP contribution is -2.17. The van der Waals surface area contributed by atoms with Crippen molar-refractivity contribution >= 4 is 16.8 Å². The lowest BCUT2D eigenvalue weighted by atomic mass is 9.90. The minimum atomic E-state index is -0.0865. The van der Waals surface area contributed by atoms with Crippen molar-refractivity contribution in [3.63, 3.8) is 0 Å². The average molecular weight is 456 g/mol. The molecule has 0 aliphatic heterocycles. The van der Waals surface area contributed by atoms with Crippen molar-refractivity contribution < 1.29 is 14.3 Å². The van der Waals surface area contributed by atoms with Gasteiger partial charge in [0.1, 0.15) is 11.5 Å². The largest absolute Gasteiger partial charge is 0.497 e. The topological polar surface area (TPSA) is 66.2 Å². The number of hydrogen-bond donors (Lipinski definition) is 0. The molecular weight excluding hydrogens is 426 g/mol. The van der Waals surface area contributed by atoms with E-state index in [0.717, 1.165) is 16.7 Å². The molecular formula is C28H29N3O3. The van der Waals surface area contributed by atoms with E-state index in [2.05, 4.69) is 10.1 Å². The molecule has 0 unspecified atom stereocenters. The summed E-state index contributed by atoms with van der Waals surface area (Å²) in [6.45, 7) is 1.17.